The highest BCUT2D eigenvalue weighted by Gasteiger charge is 1.99. The number of nitrogens with zero attached hydrogens (tertiary/aromatic N) is 1. The third-order valence-electron chi connectivity index (χ3n) is 1.55. The molecule has 1 aromatic carbocycles. The second-order valence-electron chi connectivity index (χ2n) is 2.70. The van der Waals surface area contributed by atoms with Crippen molar-refractivity contribution in [3.05, 3.63) is 29.8 Å². The van der Waals surface area contributed by atoms with Crippen LogP contribution < -0.4 is 4.74 Å². The Bertz CT molecular complexity index is 366. The Morgan fingerprint density at radius 3 is 2.71 bits per heavy atom. The smallest absolute Gasteiger partial charge is 0.292 e. The molecule has 0 saturated heterocycles. The fourth-order valence-corrected chi connectivity index (χ4v) is 0.965. The zero-order valence-corrected chi connectivity index (χ0v) is 8.50. The molecule has 0 heterocycles. The zero-order chi connectivity index (χ0) is 10.4. The fourth-order valence-electron chi connectivity index (χ4n) is 0.863. The second kappa shape index (κ2) is 5.27. The molecule has 0 atom stereocenters. The van der Waals surface area contributed by atoms with Gasteiger partial charge in [-0.3, -0.25) is 4.79 Å². The summed E-state index contributed by atoms with van der Waals surface area (Å²) in [5.74, 6) is 0.212. The highest BCUT2D eigenvalue weighted by molar-refractivity contribution is 7.78. The van der Waals surface area contributed by atoms with Gasteiger partial charge in [0.25, 0.3) is 5.91 Å². The molecular weight excluding hydrogens is 198 g/mol. The summed E-state index contributed by atoms with van der Waals surface area (Å²) < 4.78 is 5.15. The van der Waals surface area contributed by atoms with E-state index < -0.39 is 5.91 Å². The lowest BCUT2D eigenvalue weighted by molar-refractivity contribution is -0.119. The van der Waals surface area contributed by atoms with Crippen molar-refractivity contribution >= 4 is 23.3 Å². The van der Waals surface area contributed by atoms with Gasteiger partial charge in [-0.05, 0) is 31.3 Å². The molecule has 0 unspecified atom stereocenters. The van der Waals surface area contributed by atoms with Gasteiger partial charge in [0.15, 0.2) is 6.61 Å². The van der Waals surface area contributed by atoms with Gasteiger partial charge in [-0.25, -0.2) is 0 Å². The Morgan fingerprint density at radius 2 is 2.14 bits per heavy atom. The van der Waals surface area contributed by atoms with E-state index in [0.29, 0.717) is 5.75 Å². The first-order valence-corrected chi connectivity index (χ1v) is 4.43. The van der Waals surface area contributed by atoms with E-state index in [4.69, 9.17) is 4.74 Å². The average Bonchev–Trinajstić information content (AvgIpc) is 2.17. The maximum Gasteiger partial charge on any atom is 0.292 e. The molecule has 1 rings (SSSR count). The molecule has 0 aliphatic carbocycles. The fraction of sp³-hybridized carbons (Fsp3) is 0.200. The number of isothiocyanates is 1. The molecular formula is C10H9NO2S. The van der Waals surface area contributed by atoms with Crippen molar-refractivity contribution < 1.29 is 9.53 Å². The third-order valence-corrected chi connectivity index (χ3v) is 1.64. The van der Waals surface area contributed by atoms with Crippen LogP contribution in [-0.4, -0.2) is 17.7 Å². The quantitative estimate of drug-likeness (QED) is 0.562. The van der Waals surface area contributed by atoms with E-state index in [9.17, 15) is 4.79 Å². The van der Waals surface area contributed by atoms with Crippen LogP contribution in [0.3, 0.4) is 0 Å². The Morgan fingerprint density at radius 1 is 1.50 bits per heavy atom. The van der Waals surface area contributed by atoms with Crippen molar-refractivity contribution in [1.82, 2.24) is 0 Å². The summed E-state index contributed by atoms with van der Waals surface area (Å²) in [7, 11) is 0. The summed E-state index contributed by atoms with van der Waals surface area (Å²) in [6.45, 7) is 1.87. The minimum Gasteiger partial charge on any atom is -0.484 e. The van der Waals surface area contributed by atoms with Crippen LogP contribution in [0.5, 0.6) is 5.75 Å². The minimum atomic E-state index is -0.430. The number of aryl methyl sites for hydroxylation is 1. The van der Waals surface area contributed by atoms with E-state index in [1.54, 1.807) is 12.1 Å². The molecule has 0 spiro atoms. The van der Waals surface area contributed by atoms with Crippen molar-refractivity contribution in [1.29, 1.82) is 0 Å². The molecule has 0 radical (unpaired) electrons. The lowest BCUT2D eigenvalue weighted by atomic mass is 10.2. The van der Waals surface area contributed by atoms with Gasteiger partial charge in [0.1, 0.15) is 5.75 Å². The number of ether oxygens (including phenoxy) is 1. The molecule has 1 amide bonds. The lowest BCUT2D eigenvalue weighted by Gasteiger charge is -2.02. The van der Waals surface area contributed by atoms with Gasteiger partial charge in [0.2, 0.25) is 0 Å². The van der Waals surface area contributed by atoms with Gasteiger partial charge < -0.3 is 4.74 Å². The number of amides is 1. The van der Waals surface area contributed by atoms with E-state index in [-0.39, 0.29) is 6.61 Å². The molecule has 1 aromatic rings. The molecule has 0 aliphatic heterocycles. The summed E-state index contributed by atoms with van der Waals surface area (Å²) in [5, 5.41) is 1.99. The molecule has 0 saturated carbocycles. The largest absolute Gasteiger partial charge is 0.484 e. The van der Waals surface area contributed by atoms with Crippen LogP contribution in [0.4, 0.5) is 0 Å². The number of hydrogen-bond donors (Lipinski definition) is 0. The van der Waals surface area contributed by atoms with Crippen LogP contribution in [0.1, 0.15) is 5.56 Å². The minimum absolute atomic E-state index is 0.104. The lowest BCUT2D eigenvalue weighted by Crippen LogP contribution is -2.07. The Hall–Kier alpha value is -1.51. The van der Waals surface area contributed by atoms with Crippen molar-refractivity contribution in [3.63, 3.8) is 0 Å². The zero-order valence-electron chi connectivity index (χ0n) is 7.69. The summed E-state index contributed by atoms with van der Waals surface area (Å²) in [5.41, 5.74) is 1.14. The Labute approximate surface area is 87.4 Å². The molecule has 0 fully saturated rings. The van der Waals surface area contributed by atoms with Crippen LogP contribution in [0, 0.1) is 6.92 Å². The van der Waals surface area contributed by atoms with Gasteiger partial charge >= 0.3 is 0 Å². The molecule has 0 N–H and O–H groups in total. The first-order valence-electron chi connectivity index (χ1n) is 4.02. The van der Waals surface area contributed by atoms with Crippen LogP contribution in [0.25, 0.3) is 0 Å². The molecule has 3 nitrogen and oxygen atoms in total. The van der Waals surface area contributed by atoms with Crippen LogP contribution in [0.15, 0.2) is 29.3 Å². The molecule has 0 aromatic heterocycles. The SMILES string of the molecule is Cc1ccc(OCC(=O)N=C=S)cc1. The maximum absolute atomic E-state index is 10.9. The highest BCUT2D eigenvalue weighted by Crippen LogP contribution is 2.10. The first kappa shape index (κ1) is 10.6. The number of carbonyl (C=O) groups excluding carboxylic acids is 1. The van der Waals surface area contributed by atoms with Crippen molar-refractivity contribution in [2.75, 3.05) is 6.61 Å². The molecule has 72 valence electrons. The maximum atomic E-state index is 10.9. The number of hydrogen-bond acceptors (Lipinski definition) is 3. The number of thiocarbonyl (C=S) groups is 1. The van der Waals surface area contributed by atoms with Gasteiger partial charge in [-0.1, -0.05) is 17.7 Å². The third kappa shape index (κ3) is 3.47. The average molecular weight is 207 g/mol. The normalized spacial score (nSPS) is 8.93. The molecule has 0 bridgehead atoms. The topological polar surface area (TPSA) is 38.7 Å². The van der Waals surface area contributed by atoms with Crippen LogP contribution >= 0.6 is 12.2 Å². The van der Waals surface area contributed by atoms with E-state index >= 15 is 0 Å². The van der Waals surface area contributed by atoms with E-state index in [1.807, 2.05) is 24.2 Å². The molecule has 4 heteroatoms. The van der Waals surface area contributed by atoms with Crippen molar-refractivity contribution in [2.45, 2.75) is 6.92 Å². The van der Waals surface area contributed by atoms with Crippen molar-refractivity contribution in [2.24, 2.45) is 4.99 Å². The first-order chi connectivity index (χ1) is 6.72. The second-order valence-corrected chi connectivity index (χ2v) is 2.88. The number of rotatable bonds is 3. The van der Waals surface area contributed by atoms with E-state index in [1.165, 1.54) is 0 Å². The predicted molar refractivity (Wildman–Crippen MR) is 56.7 cm³/mol. The number of benzene rings is 1. The summed E-state index contributed by atoms with van der Waals surface area (Å²) in [6, 6.07) is 7.40. The monoisotopic (exact) mass is 207 g/mol. The Kier molecular flexibility index (Phi) is 3.98. The predicted octanol–water partition coefficient (Wildman–Crippen LogP) is 2.00. The standard InChI is InChI=1S/C10H9NO2S/c1-8-2-4-9(5-3-8)13-6-10(12)11-7-14/h2-5H,6H2,1H3. The summed E-state index contributed by atoms with van der Waals surface area (Å²) in [4.78, 5) is 14.1. The summed E-state index contributed by atoms with van der Waals surface area (Å²) >= 11 is 4.28. The van der Waals surface area contributed by atoms with Crippen LogP contribution in [0.2, 0.25) is 0 Å². The van der Waals surface area contributed by atoms with Gasteiger partial charge in [0.05, 0.1) is 5.16 Å². The van der Waals surface area contributed by atoms with Gasteiger partial charge in [-0.2, -0.15) is 4.99 Å². The van der Waals surface area contributed by atoms with E-state index in [0.717, 1.165) is 5.56 Å². The van der Waals surface area contributed by atoms with Gasteiger partial charge in [-0.15, -0.1) is 0 Å². The summed E-state index contributed by atoms with van der Waals surface area (Å²) in [6.07, 6.45) is 0. The van der Waals surface area contributed by atoms with Crippen molar-refractivity contribution in [3.8, 4) is 5.75 Å². The molecule has 0 aliphatic rings. The van der Waals surface area contributed by atoms with Crippen LogP contribution in [-0.2, 0) is 4.79 Å². The van der Waals surface area contributed by atoms with Gasteiger partial charge in [0, 0.05) is 0 Å². The Balaban J connectivity index is 2.49. The number of carbonyl (C=O) groups is 1. The van der Waals surface area contributed by atoms with E-state index in [2.05, 4.69) is 17.2 Å². The highest BCUT2D eigenvalue weighted by atomic mass is 32.1. The number of aliphatic imine (C=N–C) groups is 1. The molecule has 14 heavy (non-hydrogen) atoms.